The first-order valence-electron chi connectivity index (χ1n) is 7.06. The molecule has 0 bridgehead atoms. The summed E-state index contributed by atoms with van der Waals surface area (Å²) in [6, 6.07) is 0. The first-order valence-corrected chi connectivity index (χ1v) is 8.86. The quantitative estimate of drug-likeness (QED) is 0.415. The Hall–Kier alpha value is -1.01. The molecule has 0 saturated carbocycles. The smallest absolute Gasteiger partial charge is 0.0620 e. The van der Waals surface area contributed by atoms with E-state index in [2.05, 4.69) is 49.1 Å². The van der Waals surface area contributed by atoms with Gasteiger partial charge in [-0.25, -0.2) is 0 Å². The fraction of sp³-hybridized carbons (Fsp3) is 0.625. The lowest BCUT2D eigenvalue weighted by atomic mass is 10.1. The Labute approximate surface area is 120 Å². The molecule has 1 rings (SSSR count). The van der Waals surface area contributed by atoms with Crippen LogP contribution < -0.4 is 0 Å². The number of hydrogen-bond acceptors (Lipinski definition) is 1. The largest absolute Gasteiger partial charge is 0.272 e. The first-order chi connectivity index (χ1) is 9.09. The van der Waals surface area contributed by atoms with Gasteiger partial charge in [-0.05, 0) is 19.1 Å². The molecule has 0 amide bonds. The van der Waals surface area contributed by atoms with Crippen molar-refractivity contribution in [2.24, 2.45) is 5.92 Å². The fourth-order valence-corrected chi connectivity index (χ4v) is 2.29. The Kier molecular flexibility index (Phi) is 7.59. The number of hydrogen-bond donors (Lipinski definition) is 0. The second-order valence-corrected chi connectivity index (χ2v) is 6.96. The summed E-state index contributed by atoms with van der Waals surface area (Å²) in [5, 5.41) is 4.37. The SMILES string of the molecule is C=S(C)c1cnn(CCCCCCC#CC(C)C)c1. The molecule has 0 saturated heterocycles. The minimum absolute atomic E-state index is 0.0766. The van der Waals surface area contributed by atoms with Crippen LogP contribution in [0.25, 0.3) is 0 Å². The van der Waals surface area contributed by atoms with Gasteiger partial charge in [0.25, 0.3) is 0 Å². The first kappa shape index (κ1) is 16.0. The molecule has 1 unspecified atom stereocenters. The second-order valence-electron chi connectivity index (χ2n) is 5.22. The third-order valence-corrected chi connectivity index (χ3v) is 3.86. The van der Waals surface area contributed by atoms with Crippen LogP contribution in [0.15, 0.2) is 17.3 Å². The van der Waals surface area contributed by atoms with Crippen LogP contribution in [0.3, 0.4) is 0 Å². The molecule has 0 N–H and O–H groups in total. The van der Waals surface area contributed by atoms with E-state index in [-0.39, 0.29) is 10.5 Å². The van der Waals surface area contributed by atoms with E-state index in [1.165, 1.54) is 30.6 Å². The molecule has 0 aliphatic rings. The van der Waals surface area contributed by atoms with Crippen molar-refractivity contribution < 1.29 is 0 Å². The van der Waals surface area contributed by atoms with E-state index < -0.39 is 0 Å². The lowest BCUT2D eigenvalue weighted by molar-refractivity contribution is 0.537. The maximum Gasteiger partial charge on any atom is 0.0620 e. The monoisotopic (exact) mass is 278 g/mol. The Morgan fingerprint density at radius 2 is 2.05 bits per heavy atom. The molecule has 0 radical (unpaired) electrons. The van der Waals surface area contributed by atoms with Gasteiger partial charge < -0.3 is 0 Å². The van der Waals surface area contributed by atoms with Crippen LogP contribution in [0.1, 0.15) is 46.0 Å². The van der Waals surface area contributed by atoms with E-state index in [0.29, 0.717) is 5.92 Å². The average Bonchev–Trinajstić information content (AvgIpc) is 2.81. The van der Waals surface area contributed by atoms with Crippen molar-refractivity contribution in [2.45, 2.75) is 57.4 Å². The Bertz CT molecular complexity index is 449. The Morgan fingerprint density at radius 3 is 2.68 bits per heavy atom. The predicted molar refractivity (Wildman–Crippen MR) is 86.8 cm³/mol. The number of rotatable bonds is 7. The third kappa shape index (κ3) is 7.22. The molecule has 1 heterocycles. The molecule has 3 heteroatoms. The van der Waals surface area contributed by atoms with E-state index in [1.807, 2.05) is 10.9 Å². The van der Waals surface area contributed by atoms with E-state index in [0.717, 1.165) is 13.0 Å². The third-order valence-electron chi connectivity index (χ3n) is 2.84. The highest BCUT2D eigenvalue weighted by Gasteiger charge is 1.98. The molecule has 106 valence electrons. The minimum Gasteiger partial charge on any atom is -0.272 e. The summed E-state index contributed by atoms with van der Waals surface area (Å²) in [5.41, 5.74) is 0. The van der Waals surface area contributed by atoms with Crippen molar-refractivity contribution in [3.05, 3.63) is 12.4 Å². The maximum atomic E-state index is 4.37. The van der Waals surface area contributed by atoms with Crippen LogP contribution in [0.2, 0.25) is 0 Å². The summed E-state index contributed by atoms with van der Waals surface area (Å²) >= 11 is 0. The normalized spacial score (nSPS) is 12.2. The number of unbranched alkanes of at least 4 members (excludes halogenated alkanes) is 4. The van der Waals surface area contributed by atoms with Crippen molar-refractivity contribution in [1.29, 1.82) is 0 Å². The topological polar surface area (TPSA) is 17.8 Å². The molecule has 1 aromatic heterocycles. The highest BCUT2D eigenvalue weighted by molar-refractivity contribution is 8.13. The van der Waals surface area contributed by atoms with Crippen LogP contribution in [0.4, 0.5) is 0 Å². The standard InChI is InChI=1S/C16H26N2S/c1-15(2)11-9-7-5-6-8-10-12-18-14-16(13-17-18)19(3)4/h13-15H,3,5-8,10,12H2,1-2,4H3. The summed E-state index contributed by atoms with van der Waals surface area (Å²) in [7, 11) is 0.0766. The molecule has 0 aliphatic heterocycles. The average molecular weight is 278 g/mol. The van der Waals surface area contributed by atoms with Gasteiger partial charge in [-0.3, -0.25) is 4.68 Å². The van der Waals surface area contributed by atoms with Gasteiger partial charge in [-0.15, -0.1) is 11.8 Å². The fourth-order valence-electron chi connectivity index (χ4n) is 1.76. The van der Waals surface area contributed by atoms with Crippen molar-refractivity contribution in [2.75, 3.05) is 6.26 Å². The summed E-state index contributed by atoms with van der Waals surface area (Å²) < 4.78 is 2.04. The van der Waals surface area contributed by atoms with E-state index in [9.17, 15) is 0 Å². The van der Waals surface area contributed by atoms with Crippen molar-refractivity contribution in [1.82, 2.24) is 9.78 Å². The van der Waals surface area contributed by atoms with E-state index in [1.54, 1.807) is 0 Å². The summed E-state index contributed by atoms with van der Waals surface area (Å²) in [4.78, 5) is 1.25. The zero-order valence-electron chi connectivity index (χ0n) is 12.5. The van der Waals surface area contributed by atoms with Gasteiger partial charge in [0.05, 0.1) is 6.20 Å². The molecule has 0 fully saturated rings. The van der Waals surface area contributed by atoms with Crippen LogP contribution >= 0.6 is 10.5 Å². The molecular formula is C16H26N2S. The molecule has 1 aromatic rings. The number of aromatic nitrogens is 2. The van der Waals surface area contributed by atoms with Gasteiger partial charge in [0.1, 0.15) is 0 Å². The van der Waals surface area contributed by atoms with Crippen LogP contribution in [-0.4, -0.2) is 21.9 Å². The molecule has 0 aromatic carbocycles. The number of nitrogens with zero attached hydrogens (tertiary/aromatic N) is 2. The number of aryl methyl sites for hydroxylation is 1. The predicted octanol–water partition coefficient (Wildman–Crippen LogP) is 4.18. The molecule has 2 nitrogen and oxygen atoms in total. The highest BCUT2D eigenvalue weighted by atomic mass is 32.2. The molecule has 1 atom stereocenters. The summed E-state index contributed by atoms with van der Waals surface area (Å²) in [6.07, 6.45) is 12.2. The van der Waals surface area contributed by atoms with Gasteiger partial charge in [0, 0.05) is 30.0 Å². The lowest BCUT2D eigenvalue weighted by Crippen LogP contribution is -1.97. The van der Waals surface area contributed by atoms with E-state index >= 15 is 0 Å². The Balaban J connectivity index is 2.08. The van der Waals surface area contributed by atoms with E-state index in [4.69, 9.17) is 0 Å². The maximum absolute atomic E-state index is 4.37. The zero-order chi connectivity index (χ0) is 14.1. The molecule has 0 aliphatic carbocycles. The highest BCUT2D eigenvalue weighted by Crippen LogP contribution is 2.18. The second kappa shape index (κ2) is 8.98. The summed E-state index contributed by atoms with van der Waals surface area (Å²) in [5.74, 6) is 11.0. The van der Waals surface area contributed by atoms with Crippen LogP contribution in [-0.2, 0) is 6.54 Å². The summed E-state index contributed by atoms with van der Waals surface area (Å²) in [6.45, 7) is 5.30. The lowest BCUT2D eigenvalue weighted by Gasteiger charge is -2.01. The van der Waals surface area contributed by atoms with Crippen LogP contribution in [0, 0.1) is 17.8 Å². The minimum atomic E-state index is 0.0766. The van der Waals surface area contributed by atoms with Gasteiger partial charge in [-0.2, -0.15) is 15.6 Å². The molecule has 0 spiro atoms. The van der Waals surface area contributed by atoms with Crippen molar-refractivity contribution in [3.8, 4) is 11.8 Å². The van der Waals surface area contributed by atoms with Crippen molar-refractivity contribution in [3.63, 3.8) is 0 Å². The molecular weight excluding hydrogens is 252 g/mol. The Morgan fingerprint density at radius 1 is 1.32 bits per heavy atom. The molecule has 19 heavy (non-hydrogen) atoms. The van der Waals surface area contributed by atoms with Gasteiger partial charge in [-0.1, -0.05) is 32.6 Å². The van der Waals surface area contributed by atoms with Gasteiger partial charge in [0.15, 0.2) is 0 Å². The van der Waals surface area contributed by atoms with Crippen molar-refractivity contribution >= 4 is 16.4 Å². The van der Waals surface area contributed by atoms with Crippen LogP contribution in [0.5, 0.6) is 0 Å². The zero-order valence-corrected chi connectivity index (χ0v) is 13.3. The van der Waals surface area contributed by atoms with Gasteiger partial charge in [0.2, 0.25) is 0 Å². The van der Waals surface area contributed by atoms with Gasteiger partial charge >= 0.3 is 0 Å².